The van der Waals surface area contributed by atoms with Crippen LogP contribution in [0.25, 0.3) is 0 Å². The van der Waals surface area contributed by atoms with Crippen LogP contribution in [-0.2, 0) is 16.0 Å². The van der Waals surface area contributed by atoms with Crippen molar-refractivity contribution in [2.75, 3.05) is 26.2 Å². The number of urea groups is 1. The van der Waals surface area contributed by atoms with E-state index < -0.39 is 6.03 Å². The molecule has 0 bridgehead atoms. The van der Waals surface area contributed by atoms with Gasteiger partial charge in [-0.1, -0.05) is 29.8 Å². The molecule has 1 heterocycles. The number of halogens is 1. The van der Waals surface area contributed by atoms with Gasteiger partial charge in [0.25, 0.3) is 0 Å². The average Bonchev–Trinajstić information content (AvgIpc) is 2.47. The van der Waals surface area contributed by atoms with Crippen molar-refractivity contribution in [2.24, 2.45) is 5.73 Å². The molecule has 6 nitrogen and oxygen atoms in total. The van der Waals surface area contributed by atoms with Crippen molar-refractivity contribution >= 4 is 23.5 Å². The van der Waals surface area contributed by atoms with Crippen LogP contribution in [0.1, 0.15) is 5.56 Å². The van der Waals surface area contributed by atoms with E-state index in [1.807, 2.05) is 24.3 Å². The zero-order valence-electron chi connectivity index (χ0n) is 11.5. The third-order valence-corrected chi connectivity index (χ3v) is 3.68. The Kier molecular flexibility index (Phi) is 5.41. The third kappa shape index (κ3) is 4.61. The standard InChI is InChI=1S/C14H18ClN3O3/c15-12-4-2-1-3-10(12)7-11-9-18(5-6-21-11)13(19)8-17-14(16)20/h1-4,11H,5-9H2,(H3,16,17,20)/t11-/m0/s1. The number of hydrogen-bond donors (Lipinski definition) is 2. The van der Waals surface area contributed by atoms with Gasteiger partial charge in [-0.2, -0.15) is 0 Å². The predicted octanol–water partition coefficient (Wildman–Crippen LogP) is 0.778. The Balaban J connectivity index is 1.90. The van der Waals surface area contributed by atoms with Crippen molar-refractivity contribution in [1.82, 2.24) is 10.2 Å². The predicted molar refractivity (Wildman–Crippen MR) is 79.1 cm³/mol. The summed E-state index contributed by atoms with van der Waals surface area (Å²) in [6, 6.07) is 6.87. The lowest BCUT2D eigenvalue weighted by Crippen LogP contribution is -2.50. The Morgan fingerprint density at radius 3 is 2.90 bits per heavy atom. The molecule has 0 saturated carbocycles. The number of rotatable bonds is 4. The fourth-order valence-corrected chi connectivity index (χ4v) is 2.47. The molecule has 0 aliphatic carbocycles. The smallest absolute Gasteiger partial charge is 0.312 e. The number of amides is 3. The van der Waals surface area contributed by atoms with Gasteiger partial charge in [0, 0.05) is 24.5 Å². The van der Waals surface area contributed by atoms with Gasteiger partial charge in [-0.05, 0) is 11.6 Å². The van der Waals surface area contributed by atoms with Crippen LogP contribution in [0.5, 0.6) is 0 Å². The van der Waals surface area contributed by atoms with Crippen LogP contribution in [0.15, 0.2) is 24.3 Å². The first-order valence-electron chi connectivity index (χ1n) is 6.72. The molecule has 2 rings (SSSR count). The highest BCUT2D eigenvalue weighted by Crippen LogP contribution is 2.19. The number of nitrogens with two attached hydrogens (primary N) is 1. The van der Waals surface area contributed by atoms with Crippen LogP contribution in [0.2, 0.25) is 5.02 Å². The fraction of sp³-hybridized carbons (Fsp3) is 0.429. The molecule has 0 spiro atoms. The highest BCUT2D eigenvalue weighted by Gasteiger charge is 2.24. The molecule has 7 heteroatoms. The summed E-state index contributed by atoms with van der Waals surface area (Å²) in [5.41, 5.74) is 5.95. The molecule has 0 unspecified atom stereocenters. The molecule has 1 saturated heterocycles. The van der Waals surface area contributed by atoms with Crippen molar-refractivity contribution < 1.29 is 14.3 Å². The maximum absolute atomic E-state index is 11.9. The molecule has 3 N–H and O–H groups in total. The number of primary amides is 1. The third-order valence-electron chi connectivity index (χ3n) is 3.31. The molecular formula is C14H18ClN3O3. The topological polar surface area (TPSA) is 84.7 Å². The monoisotopic (exact) mass is 311 g/mol. The highest BCUT2D eigenvalue weighted by molar-refractivity contribution is 6.31. The van der Waals surface area contributed by atoms with E-state index in [0.717, 1.165) is 5.56 Å². The molecule has 1 aliphatic rings. The molecule has 3 amide bonds. The Morgan fingerprint density at radius 2 is 2.19 bits per heavy atom. The van der Waals surface area contributed by atoms with Crippen LogP contribution < -0.4 is 11.1 Å². The number of hydrogen-bond acceptors (Lipinski definition) is 3. The number of ether oxygens (including phenoxy) is 1. The molecule has 1 aromatic rings. The van der Waals surface area contributed by atoms with Gasteiger partial charge in [-0.25, -0.2) is 4.79 Å². The van der Waals surface area contributed by atoms with Crippen molar-refractivity contribution in [1.29, 1.82) is 0 Å². The summed E-state index contributed by atoms with van der Waals surface area (Å²) in [5, 5.41) is 3.00. The van der Waals surface area contributed by atoms with E-state index >= 15 is 0 Å². The van der Waals surface area contributed by atoms with E-state index in [4.69, 9.17) is 22.1 Å². The molecule has 0 aromatic heterocycles. The lowest BCUT2D eigenvalue weighted by Gasteiger charge is -2.33. The van der Waals surface area contributed by atoms with Gasteiger partial charge in [0.2, 0.25) is 5.91 Å². The number of nitrogens with zero attached hydrogens (tertiary/aromatic N) is 1. The highest BCUT2D eigenvalue weighted by atomic mass is 35.5. The normalized spacial score (nSPS) is 18.3. The number of carbonyl (C=O) groups excluding carboxylic acids is 2. The van der Waals surface area contributed by atoms with E-state index in [1.54, 1.807) is 4.90 Å². The van der Waals surface area contributed by atoms with Crippen LogP contribution in [0, 0.1) is 0 Å². The zero-order chi connectivity index (χ0) is 15.2. The number of morpholine rings is 1. The lowest BCUT2D eigenvalue weighted by molar-refractivity contribution is -0.137. The van der Waals surface area contributed by atoms with E-state index in [2.05, 4.69) is 5.32 Å². The van der Waals surface area contributed by atoms with Gasteiger partial charge in [0.05, 0.1) is 19.3 Å². The largest absolute Gasteiger partial charge is 0.374 e. The van der Waals surface area contributed by atoms with Crippen molar-refractivity contribution in [3.05, 3.63) is 34.9 Å². The Hall–Kier alpha value is -1.79. The zero-order valence-corrected chi connectivity index (χ0v) is 12.3. The molecule has 21 heavy (non-hydrogen) atoms. The Morgan fingerprint density at radius 1 is 1.43 bits per heavy atom. The van der Waals surface area contributed by atoms with E-state index in [-0.39, 0.29) is 18.6 Å². The summed E-state index contributed by atoms with van der Waals surface area (Å²) >= 11 is 6.13. The molecule has 1 atom stereocenters. The van der Waals surface area contributed by atoms with Gasteiger partial charge in [-0.3, -0.25) is 4.79 Å². The summed E-state index contributed by atoms with van der Waals surface area (Å²) in [7, 11) is 0. The lowest BCUT2D eigenvalue weighted by atomic mass is 10.1. The van der Waals surface area contributed by atoms with Crippen LogP contribution in [0.3, 0.4) is 0 Å². The molecule has 1 fully saturated rings. The number of carbonyl (C=O) groups is 2. The van der Waals surface area contributed by atoms with Crippen molar-refractivity contribution in [3.8, 4) is 0 Å². The molecule has 1 aromatic carbocycles. The molecular weight excluding hydrogens is 294 g/mol. The summed E-state index contributed by atoms with van der Waals surface area (Å²) in [4.78, 5) is 24.2. The van der Waals surface area contributed by atoms with Crippen molar-refractivity contribution in [3.63, 3.8) is 0 Å². The van der Waals surface area contributed by atoms with Crippen molar-refractivity contribution in [2.45, 2.75) is 12.5 Å². The minimum Gasteiger partial charge on any atom is -0.374 e. The van der Waals surface area contributed by atoms with Gasteiger partial charge in [-0.15, -0.1) is 0 Å². The first kappa shape index (κ1) is 15.6. The fourth-order valence-electron chi connectivity index (χ4n) is 2.25. The quantitative estimate of drug-likeness (QED) is 0.861. The van der Waals surface area contributed by atoms with E-state index in [1.165, 1.54) is 0 Å². The van der Waals surface area contributed by atoms with E-state index in [9.17, 15) is 9.59 Å². The number of nitrogens with one attached hydrogen (secondary N) is 1. The molecule has 1 aliphatic heterocycles. The second kappa shape index (κ2) is 7.28. The summed E-state index contributed by atoms with van der Waals surface area (Å²) in [6.07, 6.45) is 0.545. The SMILES string of the molecule is NC(=O)NCC(=O)N1CCO[C@@H](Cc2ccccc2Cl)C1. The molecule has 0 radical (unpaired) electrons. The van der Waals surface area contributed by atoms with Crippen LogP contribution in [-0.4, -0.2) is 49.2 Å². The summed E-state index contributed by atoms with van der Waals surface area (Å²) in [6.45, 7) is 1.37. The second-order valence-corrected chi connectivity index (χ2v) is 5.25. The van der Waals surface area contributed by atoms with Crippen LogP contribution >= 0.6 is 11.6 Å². The minimum atomic E-state index is -0.704. The second-order valence-electron chi connectivity index (χ2n) is 4.85. The van der Waals surface area contributed by atoms with Gasteiger partial charge in [0.1, 0.15) is 0 Å². The Bertz CT molecular complexity index is 524. The number of benzene rings is 1. The summed E-state index contributed by atoms with van der Waals surface area (Å²) in [5.74, 6) is -0.166. The van der Waals surface area contributed by atoms with Gasteiger partial charge in [0.15, 0.2) is 0 Å². The molecule has 114 valence electrons. The summed E-state index contributed by atoms with van der Waals surface area (Å²) < 4.78 is 5.68. The van der Waals surface area contributed by atoms with Crippen LogP contribution in [0.4, 0.5) is 4.79 Å². The Labute approximate surface area is 128 Å². The maximum atomic E-state index is 11.9. The average molecular weight is 312 g/mol. The first-order chi connectivity index (χ1) is 10.1. The van der Waals surface area contributed by atoms with Gasteiger partial charge < -0.3 is 20.7 Å². The van der Waals surface area contributed by atoms with Gasteiger partial charge >= 0.3 is 6.03 Å². The van der Waals surface area contributed by atoms with E-state index in [0.29, 0.717) is 31.1 Å². The first-order valence-corrected chi connectivity index (χ1v) is 7.10. The minimum absolute atomic E-state index is 0.0891. The maximum Gasteiger partial charge on any atom is 0.312 e.